The first-order valence-electron chi connectivity index (χ1n) is 4.95. The first-order valence-corrected chi connectivity index (χ1v) is 4.95. The number of aromatic nitrogens is 2. The van der Waals surface area contributed by atoms with Gasteiger partial charge in [-0.3, -0.25) is 15.2 Å². The van der Waals surface area contributed by atoms with Gasteiger partial charge in [0.15, 0.2) is 0 Å². The van der Waals surface area contributed by atoms with Gasteiger partial charge in [0.05, 0.1) is 13.2 Å². The third-order valence-electron chi connectivity index (χ3n) is 2.26. The van der Waals surface area contributed by atoms with Gasteiger partial charge < -0.3 is 9.64 Å². The van der Waals surface area contributed by atoms with Gasteiger partial charge in [0.2, 0.25) is 0 Å². The Balaban J connectivity index is 1.89. The van der Waals surface area contributed by atoms with Crippen molar-refractivity contribution in [2.45, 2.75) is 0 Å². The Kier molecular flexibility index (Phi) is 3.16. The Morgan fingerprint density at radius 3 is 2.81 bits per heavy atom. The molecule has 0 radical (unpaired) electrons. The van der Waals surface area contributed by atoms with Crippen LogP contribution in [0.15, 0.2) is 12.3 Å². The molecule has 1 fully saturated rings. The monoisotopic (exact) mass is 224 g/mol. The second-order valence-electron chi connectivity index (χ2n) is 3.33. The van der Waals surface area contributed by atoms with E-state index < -0.39 is 11.9 Å². The minimum absolute atomic E-state index is 0.265. The average Bonchev–Trinajstić information content (AvgIpc) is 2.83. The number of H-pyrrole nitrogens is 1. The van der Waals surface area contributed by atoms with Crippen molar-refractivity contribution in [2.75, 3.05) is 26.3 Å². The molecule has 2 rings (SSSR count). The van der Waals surface area contributed by atoms with Crippen LogP contribution < -0.4 is 5.32 Å². The number of morpholine rings is 1. The number of aromatic amines is 1. The molecule has 3 amide bonds. The first-order chi connectivity index (χ1) is 7.77. The number of ether oxygens (including phenoxy) is 1. The summed E-state index contributed by atoms with van der Waals surface area (Å²) < 4.78 is 5.10. The second kappa shape index (κ2) is 4.75. The van der Waals surface area contributed by atoms with Crippen molar-refractivity contribution in [3.05, 3.63) is 18.0 Å². The Hall–Kier alpha value is -1.89. The molecule has 2 heterocycles. The van der Waals surface area contributed by atoms with Crippen LogP contribution in [0.1, 0.15) is 10.5 Å². The highest BCUT2D eigenvalue weighted by atomic mass is 16.5. The average molecular weight is 224 g/mol. The molecule has 7 heteroatoms. The number of hydrogen-bond donors (Lipinski definition) is 2. The smallest absolute Gasteiger partial charge is 0.324 e. The summed E-state index contributed by atoms with van der Waals surface area (Å²) in [5.41, 5.74) is 0.265. The molecule has 0 bridgehead atoms. The lowest BCUT2D eigenvalue weighted by atomic mass is 10.4. The lowest BCUT2D eigenvalue weighted by molar-refractivity contribution is 0.0523. The zero-order valence-electron chi connectivity index (χ0n) is 8.60. The van der Waals surface area contributed by atoms with Crippen LogP contribution in [0, 0.1) is 0 Å². The number of amides is 3. The van der Waals surface area contributed by atoms with Crippen molar-refractivity contribution >= 4 is 11.9 Å². The van der Waals surface area contributed by atoms with E-state index in [9.17, 15) is 9.59 Å². The second-order valence-corrected chi connectivity index (χ2v) is 3.33. The van der Waals surface area contributed by atoms with Crippen LogP contribution in [0.3, 0.4) is 0 Å². The van der Waals surface area contributed by atoms with Crippen molar-refractivity contribution < 1.29 is 14.3 Å². The summed E-state index contributed by atoms with van der Waals surface area (Å²) >= 11 is 0. The maximum Gasteiger partial charge on any atom is 0.324 e. The van der Waals surface area contributed by atoms with Gasteiger partial charge in [-0.25, -0.2) is 4.79 Å². The zero-order valence-corrected chi connectivity index (χ0v) is 8.60. The van der Waals surface area contributed by atoms with E-state index in [1.807, 2.05) is 0 Å². The van der Waals surface area contributed by atoms with E-state index in [0.29, 0.717) is 26.3 Å². The molecule has 1 aliphatic rings. The molecule has 7 nitrogen and oxygen atoms in total. The lowest BCUT2D eigenvalue weighted by Gasteiger charge is -2.26. The quantitative estimate of drug-likeness (QED) is 0.679. The third kappa shape index (κ3) is 2.37. The molecule has 1 aliphatic heterocycles. The van der Waals surface area contributed by atoms with Crippen LogP contribution in [0.25, 0.3) is 0 Å². The maximum atomic E-state index is 11.6. The summed E-state index contributed by atoms with van der Waals surface area (Å²) in [5, 5.41) is 8.39. The number of imide groups is 1. The minimum Gasteiger partial charge on any atom is -0.378 e. The summed E-state index contributed by atoms with van der Waals surface area (Å²) in [4.78, 5) is 24.6. The van der Waals surface area contributed by atoms with Crippen LogP contribution in [0.5, 0.6) is 0 Å². The van der Waals surface area contributed by atoms with Crippen molar-refractivity contribution in [1.82, 2.24) is 20.4 Å². The van der Waals surface area contributed by atoms with Crippen LogP contribution in [-0.2, 0) is 4.74 Å². The molecular formula is C9H12N4O3. The van der Waals surface area contributed by atoms with E-state index in [1.54, 1.807) is 0 Å². The zero-order chi connectivity index (χ0) is 11.4. The summed E-state index contributed by atoms with van der Waals surface area (Å²) in [6.45, 7) is 2.02. The molecule has 16 heavy (non-hydrogen) atoms. The molecule has 0 saturated carbocycles. The Morgan fingerprint density at radius 2 is 2.19 bits per heavy atom. The molecule has 0 aliphatic carbocycles. The predicted molar refractivity (Wildman–Crippen MR) is 53.8 cm³/mol. The molecule has 1 aromatic heterocycles. The highest BCUT2D eigenvalue weighted by Gasteiger charge is 2.19. The van der Waals surface area contributed by atoms with Gasteiger partial charge in [0.25, 0.3) is 5.91 Å². The van der Waals surface area contributed by atoms with Crippen LogP contribution in [0.4, 0.5) is 4.79 Å². The molecule has 1 aromatic rings. The van der Waals surface area contributed by atoms with E-state index in [-0.39, 0.29) is 5.69 Å². The highest BCUT2D eigenvalue weighted by Crippen LogP contribution is 1.98. The first kappa shape index (κ1) is 10.6. The Morgan fingerprint density at radius 1 is 1.44 bits per heavy atom. The fourth-order valence-corrected chi connectivity index (χ4v) is 1.39. The number of hydrogen-bond acceptors (Lipinski definition) is 4. The summed E-state index contributed by atoms with van der Waals surface area (Å²) in [6, 6.07) is 1.10. The topological polar surface area (TPSA) is 87.3 Å². The van der Waals surface area contributed by atoms with Gasteiger partial charge in [0, 0.05) is 19.3 Å². The van der Waals surface area contributed by atoms with Gasteiger partial charge in [0.1, 0.15) is 5.69 Å². The van der Waals surface area contributed by atoms with Gasteiger partial charge in [-0.2, -0.15) is 5.10 Å². The predicted octanol–water partition coefficient (Wildman–Crippen LogP) is -0.408. The van der Waals surface area contributed by atoms with Crippen LogP contribution >= 0.6 is 0 Å². The van der Waals surface area contributed by atoms with Crippen molar-refractivity contribution in [3.63, 3.8) is 0 Å². The standard InChI is InChI=1S/C9H12N4O3/c14-8(7-1-2-10-12-7)11-9(15)13-3-5-16-6-4-13/h1-2H,3-6H2,(H,10,12)(H,11,14,15). The maximum absolute atomic E-state index is 11.6. The SMILES string of the molecule is O=C(NC(=O)N1CCOCC1)c1ccn[nH]1. The minimum atomic E-state index is -0.478. The van der Waals surface area contributed by atoms with Gasteiger partial charge >= 0.3 is 6.03 Å². The number of nitrogens with zero attached hydrogens (tertiary/aromatic N) is 2. The van der Waals surface area contributed by atoms with Gasteiger partial charge in [-0.05, 0) is 6.07 Å². The fraction of sp³-hybridized carbons (Fsp3) is 0.444. The molecule has 1 saturated heterocycles. The Bertz CT molecular complexity index is 370. The summed E-state index contributed by atoms with van der Waals surface area (Å²) in [6.07, 6.45) is 1.45. The number of carbonyl (C=O) groups is 2. The molecule has 0 spiro atoms. The normalized spacial score (nSPS) is 15.9. The van der Waals surface area contributed by atoms with E-state index in [1.165, 1.54) is 17.2 Å². The summed E-state index contributed by atoms with van der Waals surface area (Å²) in [5.74, 6) is -0.478. The van der Waals surface area contributed by atoms with Gasteiger partial charge in [-0.15, -0.1) is 0 Å². The molecular weight excluding hydrogens is 212 g/mol. The fourth-order valence-electron chi connectivity index (χ4n) is 1.39. The van der Waals surface area contributed by atoms with E-state index in [2.05, 4.69) is 15.5 Å². The van der Waals surface area contributed by atoms with Crippen LogP contribution in [-0.4, -0.2) is 53.3 Å². The van der Waals surface area contributed by atoms with Crippen molar-refractivity contribution in [1.29, 1.82) is 0 Å². The lowest BCUT2D eigenvalue weighted by Crippen LogP contribution is -2.48. The number of nitrogens with one attached hydrogen (secondary N) is 2. The van der Waals surface area contributed by atoms with Crippen molar-refractivity contribution in [3.8, 4) is 0 Å². The largest absolute Gasteiger partial charge is 0.378 e. The Labute approximate surface area is 91.8 Å². The van der Waals surface area contributed by atoms with E-state index in [4.69, 9.17) is 4.74 Å². The molecule has 86 valence electrons. The van der Waals surface area contributed by atoms with E-state index >= 15 is 0 Å². The third-order valence-corrected chi connectivity index (χ3v) is 2.26. The number of urea groups is 1. The number of carbonyl (C=O) groups excluding carboxylic acids is 2. The molecule has 0 atom stereocenters. The number of rotatable bonds is 1. The molecule has 2 N–H and O–H groups in total. The molecule has 0 unspecified atom stereocenters. The highest BCUT2D eigenvalue weighted by molar-refractivity contribution is 6.02. The van der Waals surface area contributed by atoms with E-state index in [0.717, 1.165) is 0 Å². The van der Waals surface area contributed by atoms with Gasteiger partial charge in [-0.1, -0.05) is 0 Å². The molecule has 0 aromatic carbocycles. The van der Waals surface area contributed by atoms with Crippen molar-refractivity contribution in [2.24, 2.45) is 0 Å². The van der Waals surface area contributed by atoms with Crippen LogP contribution in [0.2, 0.25) is 0 Å². The summed E-state index contributed by atoms with van der Waals surface area (Å²) in [7, 11) is 0.